The van der Waals surface area contributed by atoms with Crippen molar-refractivity contribution in [2.24, 2.45) is 7.05 Å². The van der Waals surface area contributed by atoms with Crippen molar-refractivity contribution in [3.8, 4) is 5.88 Å². The Morgan fingerprint density at radius 3 is 2.78 bits per heavy atom. The number of hydrogen-bond acceptors (Lipinski definition) is 4. The van der Waals surface area contributed by atoms with E-state index in [1.54, 1.807) is 12.4 Å². The first-order chi connectivity index (χ1) is 8.70. The first kappa shape index (κ1) is 12.4. The van der Waals surface area contributed by atoms with Crippen LogP contribution in [0.25, 0.3) is 0 Å². The quantitative estimate of drug-likeness (QED) is 0.880. The van der Waals surface area contributed by atoms with Crippen molar-refractivity contribution in [1.82, 2.24) is 14.5 Å². The molecule has 0 fully saturated rings. The zero-order valence-electron chi connectivity index (χ0n) is 10.9. The molecule has 0 radical (unpaired) electrons. The van der Waals surface area contributed by atoms with Gasteiger partial charge in [0.25, 0.3) is 0 Å². The molecule has 0 bridgehead atoms. The summed E-state index contributed by atoms with van der Waals surface area (Å²) in [5.41, 5.74) is 0.953. The predicted molar refractivity (Wildman–Crippen MR) is 70.7 cm³/mol. The normalized spacial score (nSPS) is 12.2. The molecule has 2 rings (SSSR count). The third-order valence-electron chi connectivity index (χ3n) is 2.66. The molecule has 1 N–H and O–H groups in total. The van der Waals surface area contributed by atoms with Crippen LogP contribution in [0.15, 0.2) is 30.7 Å². The lowest BCUT2D eigenvalue weighted by molar-refractivity contribution is 0.327. The van der Waals surface area contributed by atoms with Crippen LogP contribution in [0.2, 0.25) is 0 Å². The maximum Gasteiger partial charge on any atom is 0.213 e. The van der Waals surface area contributed by atoms with Crippen molar-refractivity contribution in [2.45, 2.75) is 19.9 Å². The minimum atomic E-state index is 0.129. The second-order valence-corrected chi connectivity index (χ2v) is 4.08. The third kappa shape index (κ3) is 2.80. The SMILES string of the molecule is CCOc1ccc(NC(C)c2nccn2C)cn1. The van der Waals surface area contributed by atoms with E-state index >= 15 is 0 Å². The van der Waals surface area contributed by atoms with E-state index in [9.17, 15) is 0 Å². The van der Waals surface area contributed by atoms with Gasteiger partial charge < -0.3 is 14.6 Å². The van der Waals surface area contributed by atoms with Crippen LogP contribution in [-0.2, 0) is 7.05 Å². The Labute approximate surface area is 107 Å². The molecule has 5 heteroatoms. The van der Waals surface area contributed by atoms with Gasteiger partial charge in [0.1, 0.15) is 5.82 Å². The Bertz CT molecular complexity index is 492. The fourth-order valence-corrected chi connectivity index (χ4v) is 1.81. The van der Waals surface area contributed by atoms with Gasteiger partial charge in [-0.2, -0.15) is 0 Å². The smallest absolute Gasteiger partial charge is 0.213 e. The Morgan fingerprint density at radius 1 is 1.39 bits per heavy atom. The van der Waals surface area contributed by atoms with E-state index in [1.165, 1.54) is 0 Å². The Kier molecular flexibility index (Phi) is 3.82. The number of imidazole rings is 1. The number of nitrogens with one attached hydrogen (secondary N) is 1. The number of hydrogen-bond donors (Lipinski definition) is 1. The largest absolute Gasteiger partial charge is 0.478 e. The summed E-state index contributed by atoms with van der Waals surface area (Å²) in [7, 11) is 1.98. The zero-order chi connectivity index (χ0) is 13.0. The van der Waals surface area contributed by atoms with E-state index in [0.717, 1.165) is 11.5 Å². The average Bonchev–Trinajstić information content (AvgIpc) is 2.78. The molecule has 0 aromatic carbocycles. The molecule has 18 heavy (non-hydrogen) atoms. The number of pyridine rings is 1. The molecule has 0 amide bonds. The van der Waals surface area contributed by atoms with Gasteiger partial charge in [0.2, 0.25) is 5.88 Å². The highest BCUT2D eigenvalue weighted by molar-refractivity contribution is 5.43. The van der Waals surface area contributed by atoms with Crippen LogP contribution in [0, 0.1) is 0 Å². The summed E-state index contributed by atoms with van der Waals surface area (Å²) in [6, 6.07) is 3.94. The molecule has 0 saturated heterocycles. The van der Waals surface area contributed by atoms with Gasteiger partial charge in [-0.1, -0.05) is 0 Å². The lowest BCUT2D eigenvalue weighted by atomic mass is 10.3. The first-order valence-electron chi connectivity index (χ1n) is 6.03. The fraction of sp³-hybridized carbons (Fsp3) is 0.385. The zero-order valence-corrected chi connectivity index (χ0v) is 10.9. The van der Waals surface area contributed by atoms with Gasteiger partial charge in [-0.25, -0.2) is 9.97 Å². The van der Waals surface area contributed by atoms with Crippen molar-refractivity contribution in [2.75, 3.05) is 11.9 Å². The summed E-state index contributed by atoms with van der Waals surface area (Å²) in [6.45, 7) is 4.64. The van der Waals surface area contributed by atoms with E-state index in [4.69, 9.17) is 4.74 Å². The van der Waals surface area contributed by atoms with Crippen molar-refractivity contribution in [3.05, 3.63) is 36.5 Å². The molecular formula is C13H18N4O. The van der Waals surface area contributed by atoms with Gasteiger partial charge in [-0.3, -0.25) is 0 Å². The summed E-state index contributed by atoms with van der Waals surface area (Å²) in [5.74, 6) is 1.64. The number of nitrogens with zero attached hydrogens (tertiary/aromatic N) is 3. The first-order valence-corrected chi connectivity index (χ1v) is 6.03. The minimum absolute atomic E-state index is 0.129. The van der Waals surface area contributed by atoms with Crippen LogP contribution in [-0.4, -0.2) is 21.1 Å². The summed E-state index contributed by atoms with van der Waals surface area (Å²) in [6.07, 6.45) is 5.50. The predicted octanol–water partition coefficient (Wildman–Crippen LogP) is 2.39. The standard InChI is InChI=1S/C13H18N4O/c1-4-18-12-6-5-11(9-15-12)16-10(2)13-14-7-8-17(13)3/h5-10,16H,4H2,1-3H3. The number of aromatic nitrogens is 3. The number of aryl methyl sites for hydroxylation is 1. The lowest BCUT2D eigenvalue weighted by Crippen LogP contribution is -2.12. The molecular weight excluding hydrogens is 228 g/mol. The van der Waals surface area contributed by atoms with Gasteiger partial charge in [-0.05, 0) is 19.9 Å². The number of anilines is 1. The fourth-order valence-electron chi connectivity index (χ4n) is 1.81. The van der Waals surface area contributed by atoms with Crippen LogP contribution < -0.4 is 10.1 Å². The molecule has 5 nitrogen and oxygen atoms in total. The Hall–Kier alpha value is -2.04. The molecule has 1 unspecified atom stereocenters. The molecule has 0 saturated carbocycles. The van der Waals surface area contributed by atoms with Crippen molar-refractivity contribution in [1.29, 1.82) is 0 Å². The molecule has 2 heterocycles. The van der Waals surface area contributed by atoms with Gasteiger partial charge >= 0.3 is 0 Å². The lowest BCUT2D eigenvalue weighted by Gasteiger charge is -2.15. The van der Waals surface area contributed by atoms with E-state index < -0.39 is 0 Å². The molecule has 2 aromatic heterocycles. The van der Waals surface area contributed by atoms with Gasteiger partial charge in [0.15, 0.2) is 0 Å². The van der Waals surface area contributed by atoms with E-state index in [-0.39, 0.29) is 6.04 Å². The molecule has 0 aliphatic rings. The highest BCUT2D eigenvalue weighted by atomic mass is 16.5. The maximum absolute atomic E-state index is 5.30. The van der Waals surface area contributed by atoms with Crippen LogP contribution in [0.1, 0.15) is 25.7 Å². The highest BCUT2D eigenvalue weighted by Crippen LogP contribution is 2.18. The van der Waals surface area contributed by atoms with E-state index in [0.29, 0.717) is 12.5 Å². The second kappa shape index (κ2) is 5.53. The van der Waals surface area contributed by atoms with Crippen molar-refractivity contribution >= 4 is 5.69 Å². The number of ether oxygens (including phenoxy) is 1. The Balaban J connectivity index is 2.03. The van der Waals surface area contributed by atoms with Crippen LogP contribution in [0.3, 0.4) is 0 Å². The second-order valence-electron chi connectivity index (χ2n) is 4.08. The molecule has 96 valence electrons. The maximum atomic E-state index is 5.30. The summed E-state index contributed by atoms with van der Waals surface area (Å²) in [5, 5.41) is 3.35. The van der Waals surface area contributed by atoms with Crippen molar-refractivity contribution < 1.29 is 4.74 Å². The van der Waals surface area contributed by atoms with Crippen LogP contribution >= 0.6 is 0 Å². The monoisotopic (exact) mass is 246 g/mol. The van der Waals surface area contributed by atoms with Gasteiger partial charge in [0, 0.05) is 25.5 Å². The van der Waals surface area contributed by atoms with Crippen molar-refractivity contribution in [3.63, 3.8) is 0 Å². The molecule has 2 aromatic rings. The van der Waals surface area contributed by atoms with E-state index in [1.807, 2.05) is 36.9 Å². The van der Waals surface area contributed by atoms with E-state index in [2.05, 4.69) is 22.2 Å². The topological polar surface area (TPSA) is 52.0 Å². The molecule has 0 aliphatic heterocycles. The van der Waals surface area contributed by atoms with Crippen LogP contribution in [0.5, 0.6) is 5.88 Å². The van der Waals surface area contributed by atoms with Gasteiger partial charge in [0.05, 0.1) is 24.5 Å². The third-order valence-corrected chi connectivity index (χ3v) is 2.66. The van der Waals surface area contributed by atoms with Crippen LogP contribution in [0.4, 0.5) is 5.69 Å². The summed E-state index contributed by atoms with van der Waals surface area (Å²) in [4.78, 5) is 8.53. The highest BCUT2D eigenvalue weighted by Gasteiger charge is 2.09. The van der Waals surface area contributed by atoms with Gasteiger partial charge in [-0.15, -0.1) is 0 Å². The molecule has 1 atom stereocenters. The molecule has 0 spiro atoms. The summed E-state index contributed by atoms with van der Waals surface area (Å²) >= 11 is 0. The minimum Gasteiger partial charge on any atom is -0.478 e. The Morgan fingerprint density at radius 2 is 2.22 bits per heavy atom. The number of rotatable bonds is 5. The average molecular weight is 246 g/mol. The molecule has 0 aliphatic carbocycles. The summed E-state index contributed by atoms with van der Waals surface area (Å²) < 4.78 is 7.30.